The molecule has 1 fully saturated rings. The van der Waals surface area contributed by atoms with Crippen molar-refractivity contribution in [2.45, 2.75) is 0 Å². The number of halogens is 2. The third-order valence-electron chi connectivity index (χ3n) is 3.05. The van der Waals surface area contributed by atoms with Gasteiger partial charge in [-0.3, -0.25) is 4.79 Å². The zero-order chi connectivity index (χ0) is 15.7. The van der Waals surface area contributed by atoms with Crippen molar-refractivity contribution >= 4 is 57.8 Å². The largest absolute Gasteiger partial charge is 0.351 e. The van der Waals surface area contributed by atoms with Crippen molar-refractivity contribution in [1.29, 1.82) is 0 Å². The van der Waals surface area contributed by atoms with Crippen LogP contribution in [0.25, 0.3) is 6.08 Å². The minimum absolute atomic E-state index is 0.171. The van der Waals surface area contributed by atoms with E-state index in [0.29, 0.717) is 25.8 Å². The summed E-state index contributed by atoms with van der Waals surface area (Å²) in [5, 5.41) is 4.21. The topological polar surface area (TPSA) is 46.4 Å². The average Bonchev–Trinajstić information content (AvgIpc) is 3.01. The summed E-state index contributed by atoms with van der Waals surface area (Å²) >= 11 is 13.2. The Kier molecular flexibility index (Phi) is 4.29. The Balaban J connectivity index is 1.87. The van der Waals surface area contributed by atoms with Crippen LogP contribution in [0, 0.1) is 0 Å². The Hall–Kier alpha value is -1.69. The van der Waals surface area contributed by atoms with Crippen LogP contribution in [-0.4, -0.2) is 15.6 Å². The fourth-order valence-corrected chi connectivity index (χ4v) is 3.19. The number of aliphatic imine (C=N–C) groups is 1. The van der Waals surface area contributed by atoms with Gasteiger partial charge in [0.1, 0.15) is 0 Å². The van der Waals surface area contributed by atoms with E-state index >= 15 is 0 Å². The van der Waals surface area contributed by atoms with Crippen molar-refractivity contribution in [3.63, 3.8) is 0 Å². The van der Waals surface area contributed by atoms with E-state index in [0.717, 1.165) is 5.69 Å². The fourth-order valence-electron chi connectivity index (χ4n) is 1.92. The highest BCUT2D eigenvalue weighted by Gasteiger charge is 2.24. The molecule has 0 saturated carbocycles. The van der Waals surface area contributed by atoms with Crippen molar-refractivity contribution in [3.8, 4) is 0 Å². The van der Waals surface area contributed by atoms with Gasteiger partial charge in [0.2, 0.25) is 0 Å². The number of aryl methyl sites for hydroxylation is 1. The summed E-state index contributed by atoms with van der Waals surface area (Å²) in [7, 11) is 1.92. The monoisotopic (exact) mass is 351 g/mol. The first kappa shape index (κ1) is 15.2. The van der Waals surface area contributed by atoms with E-state index in [2.05, 4.69) is 10.3 Å². The Morgan fingerprint density at radius 3 is 2.82 bits per heavy atom. The van der Waals surface area contributed by atoms with Crippen LogP contribution in [0.15, 0.2) is 46.4 Å². The van der Waals surface area contributed by atoms with E-state index in [9.17, 15) is 4.79 Å². The van der Waals surface area contributed by atoms with Gasteiger partial charge in [-0.15, -0.1) is 0 Å². The Morgan fingerprint density at radius 2 is 2.14 bits per heavy atom. The van der Waals surface area contributed by atoms with Gasteiger partial charge in [0.25, 0.3) is 5.91 Å². The first-order valence-electron chi connectivity index (χ1n) is 6.39. The van der Waals surface area contributed by atoms with Gasteiger partial charge in [0.05, 0.1) is 15.6 Å². The van der Waals surface area contributed by atoms with Crippen molar-refractivity contribution in [3.05, 3.63) is 57.2 Å². The molecule has 1 saturated heterocycles. The van der Waals surface area contributed by atoms with Gasteiger partial charge >= 0.3 is 0 Å². The summed E-state index contributed by atoms with van der Waals surface area (Å²) < 4.78 is 1.94. The molecule has 3 rings (SSSR count). The molecule has 1 N–H and O–H groups in total. The van der Waals surface area contributed by atoms with Crippen LogP contribution < -0.4 is 5.32 Å². The highest BCUT2D eigenvalue weighted by atomic mass is 35.5. The van der Waals surface area contributed by atoms with Crippen LogP contribution in [0.1, 0.15) is 5.69 Å². The van der Waals surface area contributed by atoms with Crippen LogP contribution in [0.5, 0.6) is 0 Å². The number of carbonyl (C=O) groups is 1. The predicted octanol–water partition coefficient (Wildman–Crippen LogP) is 4.22. The quantitative estimate of drug-likeness (QED) is 0.823. The van der Waals surface area contributed by atoms with E-state index in [1.807, 2.05) is 36.0 Å². The molecular weight excluding hydrogens is 341 g/mol. The lowest BCUT2D eigenvalue weighted by atomic mass is 10.3. The predicted molar refractivity (Wildman–Crippen MR) is 92.7 cm³/mol. The molecule has 0 atom stereocenters. The number of amidine groups is 1. The number of thioether (sulfide) groups is 1. The second-order valence-electron chi connectivity index (χ2n) is 4.62. The first-order chi connectivity index (χ1) is 10.5. The number of nitrogens with zero attached hydrogens (tertiary/aromatic N) is 2. The van der Waals surface area contributed by atoms with Crippen LogP contribution in [0.3, 0.4) is 0 Å². The minimum atomic E-state index is -0.171. The molecule has 0 aliphatic carbocycles. The number of amides is 1. The highest BCUT2D eigenvalue weighted by molar-refractivity contribution is 8.18. The Morgan fingerprint density at radius 1 is 1.32 bits per heavy atom. The third kappa shape index (κ3) is 3.21. The summed E-state index contributed by atoms with van der Waals surface area (Å²) in [6, 6.07) is 8.89. The van der Waals surface area contributed by atoms with Crippen LogP contribution in [0.4, 0.5) is 5.69 Å². The zero-order valence-electron chi connectivity index (χ0n) is 11.5. The number of nitrogens with one attached hydrogen (secondary N) is 1. The number of aromatic nitrogens is 1. The van der Waals surface area contributed by atoms with Crippen molar-refractivity contribution in [2.75, 3.05) is 0 Å². The molecule has 22 heavy (non-hydrogen) atoms. The van der Waals surface area contributed by atoms with Gasteiger partial charge in [-0.2, -0.15) is 0 Å². The van der Waals surface area contributed by atoms with E-state index in [1.165, 1.54) is 11.8 Å². The molecule has 0 radical (unpaired) electrons. The minimum Gasteiger partial charge on any atom is -0.351 e. The second-order valence-corrected chi connectivity index (χ2v) is 6.50. The van der Waals surface area contributed by atoms with Crippen LogP contribution in [0.2, 0.25) is 10.0 Å². The zero-order valence-corrected chi connectivity index (χ0v) is 13.8. The van der Waals surface area contributed by atoms with Crippen LogP contribution in [-0.2, 0) is 11.8 Å². The van der Waals surface area contributed by atoms with Crippen molar-refractivity contribution < 1.29 is 4.79 Å². The lowest BCUT2D eigenvalue weighted by Gasteiger charge is -2.00. The number of hydrogen-bond acceptors (Lipinski definition) is 3. The lowest BCUT2D eigenvalue weighted by molar-refractivity contribution is -0.115. The molecule has 1 aliphatic heterocycles. The first-order valence-corrected chi connectivity index (χ1v) is 7.96. The Labute approximate surface area is 141 Å². The molecule has 2 heterocycles. The number of rotatable bonds is 2. The summed E-state index contributed by atoms with van der Waals surface area (Å²) in [6.07, 6.45) is 3.75. The van der Waals surface area contributed by atoms with Crippen LogP contribution >= 0.6 is 35.0 Å². The van der Waals surface area contributed by atoms with E-state index in [-0.39, 0.29) is 5.91 Å². The highest BCUT2D eigenvalue weighted by Crippen LogP contribution is 2.32. The van der Waals surface area contributed by atoms with Gasteiger partial charge in [-0.25, -0.2) is 4.99 Å². The molecule has 1 amide bonds. The molecule has 0 unspecified atom stereocenters. The SMILES string of the molecule is Cn1cccc1/C=C1/SC(=Nc2ccc(Cl)cc2Cl)NC1=O. The molecule has 7 heteroatoms. The van der Waals surface area contributed by atoms with Gasteiger partial charge in [-0.1, -0.05) is 23.2 Å². The summed E-state index contributed by atoms with van der Waals surface area (Å²) in [5.74, 6) is -0.171. The maximum Gasteiger partial charge on any atom is 0.264 e. The number of carbonyl (C=O) groups excluding carboxylic acids is 1. The molecule has 2 aromatic rings. The molecule has 1 aromatic heterocycles. The smallest absolute Gasteiger partial charge is 0.264 e. The summed E-state index contributed by atoms with van der Waals surface area (Å²) in [4.78, 5) is 17.0. The van der Waals surface area contributed by atoms with Gasteiger partial charge in [-0.05, 0) is 48.2 Å². The molecular formula is C15H11Cl2N3OS. The van der Waals surface area contributed by atoms with Gasteiger partial charge < -0.3 is 9.88 Å². The third-order valence-corrected chi connectivity index (χ3v) is 4.49. The Bertz CT molecular complexity index is 811. The second kappa shape index (κ2) is 6.20. The molecule has 1 aromatic carbocycles. The molecule has 0 spiro atoms. The lowest BCUT2D eigenvalue weighted by Crippen LogP contribution is -2.19. The number of hydrogen-bond donors (Lipinski definition) is 1. The summed E-state index contributed by atoms with van der Waals surface area (Å²) in [6.45, 7) is 0. The normalized spacial score (nSPS) is 18.2. The molecule has 4 nitrogen and oxygen atoms in total. The van der Waals surface area contributed by atoms with Crippen molar-refractivity contribution in [1.82, 2.24) is 9.88 Å². The van der Waals surface area contributed by atoms with Crippen molar-refractivity contribution in [2.24, 2.45) is 12.0 Å². The van der Waals surface area contributed by atoms with Gasteiger partial charge in [0.15, 0.2) is 5.17 Å². The van der Waals surface area contributed by atoms with E-state index in [1.54, 1.807) is 18.2 Å². The maximum absolute atomic E-state index is 12.0. The number of benzene rings is 1. The molecule has 0 bridgehead atoms. The van der Waals surface area contributed by atoms with E-state index in [4.69, 9.17) is 23.2 Å². The average molecular weight is 352 g/mol. The molecule has 112 valence electrons. The summed E-state index contributed by atoms with van der Waals surface area (Å²) in [5.41, 5.74) is 1.51. The standard InChI is InChI=1S/C15H11Cl2N3OS/c1-20-6-2-3-10(20)8-13-14(21)19-15(22-13)18-12-5-4-9(16)7-11(12)17/h2-8H,1H3,(H,18,19,21)/b13-8+. The van der Waals surface area contributed by atoms with Gasteiger partial charge in [0, 0.05) is 24.0 Å². The van der Waals surface area contributed by atoms with E-state index < -0.39 is 0 Å². The molecule has 1 aliphatic rings. The maximum atomic E-state index is 12.0. The fraction of sp³-hybridized carbons (Fsp3) is 0.0667.